The molecule has 7 heteroatoms. The lowest BCUT2D eigenvalue weighted by Crippen LogP contribution is -2.13. The molecule has 0 aliphatic heterocycles. The van der Waals surface area contributed by atoms with Crippen molar-refractivity contribution >= 4 is 47.4 Å². The fraction of sp³-hybridized carbons (Fsp3) is 0.263. The first-order chi connectivity index (χ1) is 12.1. The highest BCUT2D eigenvalue weighted by atomic mass is 35.5. The summed E-state index contributed by atoms with van der Waals surface area (Å²) in [7, 11) is 1.38. The number of benzene rings is 2. The van der Waals surface area contributed by atoms with E-state index in [-0.39, 0.29) is 24.3 Å². The summed E-state index contributed by atoms with van der Waals surface area (Å²) >= 11 is 1.47. The van der Waals surface area contributed by atoms with Crippen molar-refractivity contribution in [2.45, 2.75) is 18.6 Å². The van der Waals surface area contributed by atoms with Gasteiger partial charge in [-0.15, -0.1) is 24.2 Å². The molecule has 2 aromatic carbocycles. The molecule has 0 bridgehead atoms. The van der Waals surface area contributed by atoms with Crippen LogP contribution in [-0.4, -0.2) is 24.7 Å². The monoisotopic (exact) mass is 394 g/mol. The van der Waals surface area contributed by atoms with Crippen molar-refractivity contribution in [2.75, 3.05) is 23.9 Å². The lowest BCUT2D eigenvalue weighted by atomic mass is 10.1. The Morgan fingerprint density at radius 3 is 2.65 bits per heavy atom. The maximum absolute atomic E-state index is 12.1. The summed E-state index contributed by atoms with van der Waals surface area (Å²) in [4.78, 5) is 23.3. The molecule has 0 saturated heterocycles. The predicted molar refractivity (Wildman–Crippen MR) is 110 cm³/mol. The topological polar surface area (TPSA) is 81.4 Å². The first-order valence-electron chi connectivity index (χ1n) is 7.95. The van der Waals surface area contributed by atoms with Crippen molar-refractivity contribution in [1.82, 2.24) is 0 Å². The molecule has 2 rings (SSSR count). The number of carbonyl (C=O) groups excluding carboxylic acids is 2. The van der Waals surface area contributed by atoms with Gasteiger partial charge in [-0.3, -0.25) is 9.59 Å². The number of anilines is 2. The second-order valence-corrected chi connectivity index (χ2v) is 6.50. The van der Waals surface area contributed by atoms with Crippen molar-refractivity contribution in [2.24, 2.45) is 0 Å². The molecule has 2 aromatic rings. The Bertz CT molecular complexity index is 740. The van der Waals surface area contributed by atoms with Crippen LogP contribution in [-0.2, 0) is 26.5 Å². The molecule has 5 nitrogen and oxygen atoms in total. The lowest BCUT2D eigenvalue weighted by molar-refractivity contribution is -0.137. The van der Waals surface area contributed by atoms with Gasteiger partial charge in [0.25, 0.3) is 0 Å². The number of carbonyl (C=O) groups is 2. The normalized spacial score (nSPS) is 9.88. The molecular formula is C19H23ClN2O3S. The van der Waals surface area contributed by atoms with Gasteiger partial charge >= 0.3 is 5.97 Å². The minimum atomic E-state index is -0.241. The van der Waals surface area contributed by atoms with Crippen LogP contribution < -0.4 is 11.1 Å². The average Bonchev–Trinajstić information content (AvgIpc) is 2.61. The molecule has 1 amide bonds. The molecule has 26 heavy (non-hydrogen) atoms. The Hall–Kier alpha value is -2.18. The van der Waals surface area contributed by atoms with Gasteiger partial charge in [0.2, 0.25) is 5.91 Å². The van der Waals surface area contributed by atoms with E-state index < -0.39 is 0 Å². The van der Waals surface area contributed by atoms with E-state index in [1.54, 1.807) is 0 Å². The number of nitrogens with two attached hydrogens (primary N) is 1. The number of aryl methyl sites for hydroxylation is 1. The fourth-order valence-electron chi connectivity index (χ4n) is 2.28. The Balaban J connectivity index is 0.00000338. The van der Waals surface area contributed by atoms with E-state index in [1.807, 2.05) is 48.5 Å². The van der Waals surface area contributed by atoms with Crippen LogP contribution in [0.5, 0.6) is 0 Å². The van der Waals surface area contributed by atoms with Gasteiger partial charge in [0, 0.05) is 23.5 Å². The third-order valence-corrected chi connectivity index (χ3v) is 4.58. The molecule has 0 aromatic heterocycles. The molecule has 0 unspecified atom stereocenters. The number of ether oxygens (including phenoxy) is 1. The van der Waals surface area contributed by atoms with Crippen molar-refractivity contribution in [3.05, 3.63) is 59.7 Å². The number of halogens is 1. The number of thioether (sulfide) groups is 1. The minimum Gasteiger partial charge on any atom is -0.468 e. The number of hydrogen-bond donors (Lipinski definition) is 2. The molecule has 0 radical (unpaired) electrons. The maximum Gasteiger partial charge on any atom is 0.315 e. The van der Waals surface area contributed by atoms with E-state index in [0.717, 1.165) is 16.8 Å². The Kier molecular flexibility index (Phi) is 9.62. The van der Waals surface area contributed by atoms with Crippen LogP contribution in [0.4, 0.5) is 11.4 Å². The van der Waals surface area contributed by atoms with Gasteiger partial charge in [-0.2, -0.15) is 0 Å². The van der Waals surface area contributed by atoms with E-state index in [1.165, 1.54) is 18.9 Å². The molecule has 0 atom stereocenters. The highest BCUT2D eigenvalue weighted by Crippen LogP contribution is 2.18. The van der Waals surface area contributed by atoms with Crippen LogP contribution in [0.15, 0.2) is 48.5 Å². The molecule has 140 valence electrons. The van der Waals surface area contributed by atoms with Gasteiger partial charge in [0.1, 0.15) is 0 Å². The number of methoxy groups -OCH3 is 1. The smallest absolute Gasteiger partial charge is 0.315 e. The maximum atomic E-state index is 12.1. The molecule has 0 aliphatic carbocycles. The third kappa shape index (κ3) is 7.37. The quantitative estimate of drug-likeness (QED) is 0.527. The van der Waals surface area contributed by atoms with Crippen molar-refractivity contribution in [3.8, 4) is 0 Å². The number of para-hydroxylation sites is 1. The summed E-state index contributed by atoms with van der Waals surface area (Å²) in [5, 5.41) is 2.90. The van der Waals surface area contributed by atoms with Crippen LogP contribution in [0.1, 0.15) is 17.5 Å². The van der Waals surface area contributed by atoms with Gasteiger partial charge in [-0.05, 0) is 35.7 Å². The largest absolute Gasteiger partial charge is 0.468 e. The number of nitrogen functional groups attached to an aromatic ring is 1. The van der Waals surface area contributed by atoms with Gasteiger partial charge in [-0.1, -0.05) is 30.3 Å². The van der Waals surface area contributed by atoms with Crippen LogP contribution in [0.25, 0.3) is 0 Å². The second kappa shape index (κ2) is 11.4. The molecule has 0 heterocycles. The highest BCUT2D eigenvalue weighted by molar-refractivity contribution is 7.99. The van der Waals surface area contributed by atoms with Crippen LogP contribution in [0.3, 0.4) is 0 Å². The van der Waals surface area contributed by atoms with Crippen molar-refractivity contribution < 1.29 is 14.3 Å². The molecule has 0 fully saturated rings. The Morgan fingerprint density at radius 2 is 1.92 bits per heavy atom. The third-order valence-electron chi connectivity index (χ3n) is 3.60. The van der Waals surface area contributed by atoms with Crippen molar-refractivity contribution in [3.63, 3.8) is 0 Å². The first-order valence-corrected chi connectivity index (χ1v) is 9.10. The van der Waals surface area contributed by atoms with Gasteiger partial charge in [0.15, 0.2) is 0 Å². The summed E-state index contributed by atoms with van der Waals surface area (Å²) in [5.74, 6) is 0.697. The van der Waals surface area contributed by atoms with E-state index >= 15 is 0 Å². The summed E-state index contributed by atoms with van der Waals surface area (Å²) in [6, 6.07) is 15.2. The number of esters is 1. The van der Waals surface area contributed by atoms with E-state index in [0.29, 0.717) is 30.0 Å². The Labute approximate surface area is 164 Å². The summed E-state index contributed by atoms with van der Waals surface area (Å²) < 4.78 is 4.61. The Morgan fingerprint density at radius 1 is 1.15 bits per heavy atom. The van der Waals surface area contributed by atoms with Crippen LogP contribution >= 0.6 is 24.2 Å². The zero-order chi connectivity index (χ0) is 18.1. The molecule has 3 N–H and O–H groups in total. The van der Waals surface area contributed by atoms with E-state index in [2.05, 4.69) is 10.1 Å². The summed E-state index contributed by atoms with van der Waals surface area (Å²) in [5.41, 5.74) is 9.37. The minimum absolute atomic E-state index is 0. The number of rotatable bonds is 8. The van der Waals surface area contributed by atoms with Crippen LogP contribution in [0, 0.1) is 0 Å². The highest BCUT2D eigenvalue weighted by Gasteiger charge is 2.06. The van der Waals surface area contributed by atoms with E-state index in [4.69, 9.17) is 5.73 Å². The molecule has 0 spiro atoms. The van der Waals surface area contributed by atoms with Crippen LogP contribution in [0.2, 0.25) is 0 Å². The van der Waals surface area contributed by atoms with Gasteiger partial charge in [-0.25, -0.2) is 0 Å². The zero-order valence-electron chi connectivity index (χ0n) is 14.6. The zero-order valence-corrected chi connectivity index (χ0v) is 16.2. The second-order valence-electron chi connectivity index (χ2n) is 5.52. The van der Waals surface area contributed by atoms with Gasteiger partial charge in [0.05, 0.1) is 12.9 Å². The number of nitrogens with one attached hydrogen (secondary N) is 1. The fourth-order valence-corrected chi connectivity index (χ4v) is 3.09. The summed E-state index contributed by atoms with van der Waals surface area (Å²) in [6.45, 7) is 0. The van der Waals surface area contributed by atoms with E-state index in [9.17, 15) is 9.59 Å². The predicted octanol–water partition coefficient (Wildman–Crippen LogP) is 3.67. The molecule has 0 saturated carbocycles. The molecular weight excluding hydrogens is 372 g/mol. The number of hydrogen-bond acceptors (Lipinski definition) is 5. The molecule has 0 aliphatic rings. The standard InChI is InChI=1S/C19H22N2O3S.ClH/c1-24-19(23)13-25-12-14-5-4-7-16(11-14)21-18(22)10-9-15-6-2-3-8-17(15)20;/h2-8,11H,9-10,12-13,20H2,1H3,(H,21,22);1H. The lowest BCUT2D eigenvalue weighted by Gasteiger charge is -2.08. The van der Waals surface area contributed by atoms with Crippen molar-refractivity contribution in [1.29, 1.82) is 0 Å². The SMILES string of the molecule is COC(=O)CSCc1cccc(NC(=O)CCc2ccccc2N)c1.Cl. The average molecular weight is 395 g/mol. The summed E-state index contributed by atoms with van der Waals surface area (Å²) in [6.07, 6.45) is 0.975. The first kappa shape index (κ1) is 21.9. The number of amides is 1. The van der Waals surface area contributed by atoms with Gasteiger partial charge < -0.3 is 15.8 Å².